The zero-order valence-corrected chi connectivity index (χ0v) is 12.1. The van der Waals surface area contributed by atoms with Gasteiger partial charge in [-0.15, -0.1) is 10.2 Å². The van der Waals surface area contributed by atoms with Gasteiger partial charge in [0.25, 0.3) is 5.56 Å². The SMILES string of the molecule is COCCN(C)c1cnn(Cc2nnc(N)s2)c(=O)c1. The highest BCUT2D eigenvalue weighted by Crippen LogP contribution is 2.12. The average Bonchev–Trinajstić information content (AvgIpc) is 2.83. The van der Waals surface area contributed by atoms with Crippen LogP contribution < -0.4 is 16.2 Å². The quantitative estimate of drug-likeness (QED) is 0.788. The number of aromatic nitrogens is 4. The third kappa shape index (κ3) is 3.52. The van der Waals surface area contributed by atoms with Crippen LogP contribution >= 0.6 is 11.3 Å². The van der Waals surface area contributed by atoms with Gasteiger partial charge < -0.3 is 15.4 Å². The molecule has 108 valence electrons. The molecule has 0 aliphatic carbocycles. The fourth-order valence-electron chi connectivity index (χ4n) is 1.57. The summed E-state index contributed by atoms with van der Waals surface area (Å²) in [7, 11) is 3.52. The first kappa shape index (κ1) is 14.4. The Bertz CT molecular complexity index is 625. The molecule has 9 heteroatoms. The Balaban J connectivity index is 2.11. The summed E-state index contributed by atoms with van der Waals surface area (Å²) < 4.78 is 6.33. The van der Waals surface area contributed by atoms with Crippen molar-refractivity contribution >= 4 is 22.2 Å². The van der Waals surface area contributed by atoms with Crippen molar-refractivity contribution < 1.29 is 4.74 Å². The monoisotopic (exact) mass is 296 g/mol. The number of anilines is 2. The Morgan fingerprint density at radius 1 is 1.50 bits per heavy atom. The second-order valence-corrected chi connectivity index (χ2v) is 5.25. The maximum absolute atomic E-state index is 12.0. The maximum Gasteiger partial charge on any atom is 0.269 e. The zero-order valence-electron chi connectivity index (χ0n) is 11.3. The highest BCUT2D eigenvalue weighted by molar-refractivity contribution is 7.15. The van der Waals surface area contributed by atoms with Gasteiger partial charge in [-0.3, -0.25) is 4.79 Å². The largest absolute Gasteiger partial charge is 0.383 e. The lowest BCUT2D eigenvalue weighted by Crippen LogP contribution is -2.27. The molecule has 0 radical (unpaired) electrons. The van der Waals surface area contributed by atoms with Crippen molar-refractivity contribution in [2.24, 2.45) is 0 Å². The number of nitrogens with two attached hydrogens (primary N) is 1. The number of rotatable bonds is 6. The predicted molar refractivity (Wildman–Crippen MR) is 77.1 cm³/mol. The average molecular weight is 296 g/mol. The van der Waals surface area contributed by atoms with Crippen molar-refractivity contribution in [3.05, 3.63) is 27.6 Å². The van der Waals surface area contributed by atoms with Gasteiger partial charge in [-0.25, -0.2) is 4.68 Å². The normalized spacial score (nSPS) is 10.7. The Hall–Kier alpha value is -2.00. The lowest BCUT2D eigenvalue weighted by atomic mass is 10.4. The third-order valence-corrected chi connectivity index (χ3v) is 3.43. The molecule has 8 nitrogen and oxygen atoms in total. The molecule has 0 fully saturated rings. The number of ether oxygens (including phenoxy) is 1. The van der Waals surface area contributed by atoms with E-state index < -0.39 is 0 Å². The molecule has 0 bridgehead atoms. The van der Waals surface area contributed by atoms with Gasteiger partial charge in [0, 0.05) is 26.8 Å². The fourth-order valence-corrected chi connectivity index (χ4v) is 2.16. The van der Waals surface area contributed by atoms with Crippen LogP contribution in [0.4, 0.5) is 10.8 Å². The number of hydrogen-bond acceptors (Lipinski definition) is 8. The molecule has 0 saturated carbocycles. The molecule has 0 saturated heterocycles. The Morgan fingerprint density at radius 2 is 2.30 bits per heavy atom. The summed E-state index contributed by atoms with van der Waals surface area (Å²) in [6, 6.07) is 1.53. The van der Waals surface area contributed by atoms with Crippen molar-refractivity contribution in [3.63, 3.8) is 0 Å². The van der Waals surface area contributed by atoms with Crippen LogP contribution in [-0.4, -0.2) is 47.3 Å². The molecule has 0 spiro atoms. The predicted octanol–water partition coefficient (Wildman–Crippen LogP) is -0.192. The van der Waals surface area contributed by atoms with Gasteiger partial charge in [0.2, 0.25) is 5.13 Å². The number of likely N-dealkylation sites (N-methyl/N-ethyl adjacent to an activating group) is 1. The van der Waals surface area contributed by atoms with Crippen molar-refractivity contribution in [1.82, 2.24) is 20.0 Å². The third-order valence-electron chi connectivity index (χ3n) is 2.69. The Morgan fingerprint density at radius 3 is 2.90 bits per heavy atom. The van der Waals surface area contributed by atoms with E-state index in [2.05, 4.69) is 15.3 Å². The molecule has 0 atom stereocenters. The van der Waals surface area contributed by atoms with Crippen LogP contribution in [-0.2, 0) is 11.3 Å². The van der Waals surface area contributed by atoms with Crippen LogP contribution in [0.15, 0.2) is 17.1 Å². The highest BCUT2D eigenvalue weighted by atomic mass is 32.1. The minimum atomic E-state index is -0.194. The molecule has 20 heavy (non-hydrogen) atoms. The van der Waals surface area contributed by atoms with Gasteiger partial charge in [-0.05, 0) is 0 Å². The molecule has 2 aromatic heterocycles. The lowest BCUT2D eigenvalue weighted by Gasteiger charge is -2.18. The lowest BCUT2D eigenvalue weighted by molar-refractivity contribution is 0.206. The van der Waals surface area contributed by atoms with E-state index in [0.29, 0.717) is 23.3 Å². The first-order valence-electron chi connectivity index (χ1n) is 5.95. The molecule has 0 aliphatic rings. The van der Waals surface area contributed by atoms with Gasteiger partial charge in [0.1, 0.15) is 5.01 Å². The van der Waals surface area contributed by atoms with Crippen LogP contribution in [0.2, 0.25) is 0 Å². The molecule has 2 N–H and O–H groups in total. The van der Waals surface area contributed by atoms with Crippen molar-refractivity contribution in [2.75, 3.05) is 37.9 Å². The van der Waals surface area contributed by atoms with E-state index in [1.165, 1.54) is 22.1 Å². The van der Waals surface area contributed by atoms with Gasteiger partial charge in [-0.1, -0.05) is 11.3 Å². The van der Waals surface area contributed by atoms with Gasteiger partial charge in [-0.2, -0.15) is 5.10 Å². The minimum Gasteiger partial charge on any atom is -0.383 e. The Kier molecular flexibility index (Phi) is 4.64. The highest BCUT2D eigenvalue weighted by Gasteiger charge is 2.07. The summed E-state index contributed by atoms with van der Waals surface area (Å²) >= 11 is 1.24. The smallest absolute Gasteiger partial charge is 0.269 e. The van der Waals surface area contributed by atoms with Crippen LogP contribution in [0.5, 0.6) is 0 Å². The summed E-state index contributed by atoms with van der Waals surface area (Å²) in [6.07, 6.45) is 1.64. The Labute approximate surface area is 119 Å². The van der Waals surface area contributed by atoms with E-state index in [-0.39, 0.29) is 12.1 Å². The number of hydrogen-bond donors (Lipinski definition) is 1. The summed E-state index contributed by atoms with van der Waals surface area (Å²) in [5.41, 5.74) is 6.06. The van der Waals surface area contributed by atoms with E-state index in [1.807, 2.05) is 11.9 Å². The van der Waals surface area contributed by atoms with E-state index in [4.69, 9.17) is 10.5 Å². The fraction of sp³-hybridized carbons (Fsp3) is 0.455. The van der Waals surface area contributed by atoms with Crippen LogP contribution in [0.3, 0.4) is 0 Å². The zero-order chi connectivity index (χ0) is 14.5. The van der Waals surface area contributed by atoms with Crippen molar-refractivity contribution in [1.29, 1.82) is 0 Å². The van der Waals surface area contributed by atoms with E-state index in [0.717, 1.165) is 5.69 Å². The van der Waals surface area contributed by atoms with Gasteiger partial charge in [0.05, 0.1) is 25.0 Å². The van der Waals surface area contributed by atoms with E-state index >= 15 is 0 Å². The topological polar surface area (TPSA) is 99.2 Å². The van der Waals surface area contributed by atoms with E-state index in [9.17, 15) is 4.79 Å². The maximum atomic E-state index is 12.0. The second kappa shape index (κ2) is 6.44. The summed E-state index contributed by atoms with van der Waals surface area (Å²) in [5, 5.41) is 12.7. The number of nitrogens with zero attached hydrogens (tertiary/aromatic N) is 5. The summed E-state index contributed by atoms with van der Waals surface area (Å²) in [6.45, 7) is 1.55. The molecule has 0 aliphatic heterocycles. The molecule has 2 heterocycles. The van der Waals surface area contributed by atoms with Crippen molar-refractivity contribution in [2.45, 2.75) is 6.54 Å². The molecule has 0 aromatic carbocycles. The molecular formula is C11H16N6O2S. The molecule has 2 aromatic rings. The van der Waals surface area contributed by atoms with Crippen molar-refractivity contribution in [3.8, 4) is 0 Å². The minimum absolute atomic E-state index is 0.194. The molecule has 0 unspecified atom stereocenters. The van der Waals surface area contributed by atoms with Gasteiger partial charge in [0.15, 0.2) is 0 Å². The molecule has 0 amide bonds. The van der Waals surface area contributed by atoms with Gasteiger partial charge >= 0.3 is 0 Å². The first-order chi connectivity index (χ1) is 9.60. The number of methoxy groups -OCH3 is 1. The second-order valence-electron chi connectivity index (χ2n) is 4.16. The van der Waals surface area contributed by atoms with E-state index in [1.54, 1.807) is 13.3 Å². The van der Waals surface area contributed by atoms with Crippen LogP contribution in [0.25, 0.3) is 0 Å². The molecule has 2 rings (SSSR count). The summed E-state index contributed by atoms with van der Waals surface area (Å²) in [5.74, 6) is 0. The summed E-state index contributed by atoms with van der Waals surface area (Å²) in [4.78, 5) is 13.9. The number of nitrogen functional groups attached to an aromatic ring is 1. The van der Waals surface area contributed by atoms with Crippen LogP contribution in [0.1, 0.15) is 5.01 Å². The molecular weight excluding hydrogens is 280 g/mol. The van der Waals surface area contributed by atoms with Crippen LogP contribution in [0, 0.1) is 0 Å². The standard InChI is InChI=1S/C11H16N6O2S/c1-16(3-4-19-2)8-5-10(18)17(13-6-8)7-9-14-15-11(12)20-9/h5-6H,3-4,7H2,1-2H3,(H2,12,15). The first-order valence-corrected chi connectivity index (χ1v) is 6.77.